The Morgan fingerprint density at radius 1 is 0.667 bits per heavy atom. The van der Waals surface area contributed by atoms with Gasteiger partial charge in [-0.1, -0.05) is 0 Å². The van der Waals surface area contributed by atoms with Gasteiger partial charge in [0.25, 0.3) is 0 Å². The topological polar surface area (TPSA) is 125 Å². The van der Waals surface area contributed by atoms with Crippen LogP contribution in [0.25, 0.3) is 20.2 Å². The third-order valence-corrected chi connectivity index (χ3v) is 10.6. The number of carbonyl (C=O) groups is 4. The maximum atomic E-state index is 12.7. The monoisotopic (exact) mass is 758 g/mol. The van der Waals surface area contributed by atoms with Crippen molar-refractivity contribution in [2.24, 2.45) is 23.7 Å². The van der Waals surface area contributed by atoms with Gasteiger partial charge in [0.2, 0.25) is 0 Å². The number of esters is 2. The zero-order chi connectivity index (χ0) is 35.3. The number of fused-ring (bicyclic) bond motifs is 2. The Balaban J connectivity index is 0.000000188. The summed E-state index contributed by atoms with van der Waals surface area (Å²) in [6.07, 6.45) is 1.12. The fourth-order valence-corrected chi connectivity index (χ4v) is 7.95. The third kappa shape index (κ3) is 8.20. The Morgan fingerprint density at radius 2 is 1.08 bits per heavy atom. The zero-order valence-electron chi connectivity index (χ0n) is 28.1. The van der Waals surface area contributed by atoms with Gasteiger partial charge in [-0.05, 0) is 111 Å². The minimum absolute atomic E-state index is 0.0298. The molecule has 0 bridgehead atoms. The van der Waals surface area contributed by atoms with Gasteiger partial charge >= 0.3 is 11.9 Å². The van der Waals surface area contributed by atoms with Crippen LogP contribution in [-0.2, 0) is 19.1 Å². The predicted octanol–water partition coefficient (Wildman–Crippen LogP) is 8.61. The summed E-state index contributed by atoms with van der Waals surface area (Å²) in [6, 6.07) is 10.8. The quantitative estimate of drug-likeness (QED) is 0.139. The molecule has 0 spiro atoms. The van der Waals surface area contributed by atoms with Crippen molar-refractivity contribution in [3.63, 3.8) is 0 Å². The summed E-state index contributed by atoms with van der Waals surface area (Å²) in [5.41, 5.74) is -1.06. The molecule has 4 aromatic rings. The molecule has 2 fully saturated rings. The number of benzene rings is 2. The Bertz CT molecular complexity index is 1770. The molecule has 0 saturated heterocycles. The molecule has 48 heavy (non-hydrogen) atoms. The van der Waals surface area contributed by atoms with Crippen LogP contribution in [0, 0.1) is 23.7 Å². The molecule has 2 saturated carbocycles. The van der Waals surface area contributed by atoms with Crippen LogP contribution in [0.3, 0.4) is 0 Å². The molecule has 2 heterocycles. The molecule has 256 valence electrons. The van der Waals surface area contributed by atoms with Gasteiger partial charge in [-0.25, -0.2) is 0 Å². The molecule has 0 radical (unpaired) electrons. The number of ether oxygens (including phenoxy) is 4. The number of phenolic OH excluding ortho intramolecular Hbond substituents is 1. The fourth-order valence-electron chi connectivity index (χ4n) is 5.27. The molecule has 2 aromatic carbocycles. The van der Waals surface area contributed by atoms with E-state index in [0.717, 1.165) is 30.4 Å². The molecule has 12 heteroatoms. The number of ketones is 2. The second-order valence-corrected chi connectivity index (χ2v) is 17.0. The van der Waals surface area contributed by atoms with E-state index in [1.54, 1.807) is 25.3 Å². The highest BCUT2D eigenvalue weighted by atomic mass is 79.9. The second-order valence-electron chi connectivity index (χ2n) is 14.0. The van der Waals surface area contributed by atoms with Crippen molar-refractivity contribution in [3.05, 3.63) is 50.6 Å². The summed E-state index contributed by atoms with van der Waals surface area (Å²) in [5.74, 6) is -0.627. The first kappa shape index (κ1) is 35.8. The van der Waals surface area contributed by atoms with E-state index in [-0.39, 0.29) is 52.9 Å². The molecule has 0 unspecified atom stereocenters. The molecule has 0 aliphatic heterocycles. The van der Waals surface area contributed by atoms with Crippen molar-refractivity contribution >= 4 is 82.3 Å². The Labute approximate surface area is 295 Å². The van der Waals surface area contributed by atoms with Gasteiger partial charge in [0, 0.05) is 27.3 Å². The maximum absolute atomic E-state index is 12.7. The SMILES string of the molecule is COc1cc2sc(C(=O)[C@@H]3C[C@@H]3C(=O)OC(C)(C)C)cc2cc1Br.COc1cc2sc(C(=O)[C@@H]3C[C@@H]3C(=O)OC(C)(C)C)cc2cc1O. The van der Waals surface area contributed by atoms with Crippen LogP contribution in [0.15, 0.2) is 40.9 Å². The van der Waals surface area contributed by atoms with Crippen LogP contribution in [0.1, 0.15) is 73.7 Å². The van der Waals surface area contributed by atoms with Crippen molar-refractivity contribution in [2.75, 3.05) is 14.2 Å². The highest BCUT2D eigenvalue weighted by Crippen LogP contribution is 2.46. The zero-order valence-corrected chi connectivity index (χ0v) is 31.3. The van der Waals surface area contributed by atoms with E-state index in [4.69, 9.17) is 18.9 Å². The first-order valence-corrected chi connectivity index (χ1v) is 17.9. The standard InChI is InChI=1S/C18H19BrO4S.C18H20O5S/c2*1-18(2,3)23-17(21)11-7-10(11)16(20)15-6-9-5-12(19)13(22-4)8-14(9)24-15/h5-6,8,10-11H,7H2,1-4H3;5-6,8,10-11,19H,7H2,1-4H3/t2*10-,11+/m11/s1. The molecular weight excluding hydrogens is 720 g/mol. The van der Waals surface area contributed by atoms with Gasteiger partial charge in [-0.15, -0.1) is 22.7 Å². The molecule has 1 N–H and O–H groups in total. The number of Topliss-reactive ketones (excluding diaryl/α,β-unsaturated/α-hetero) is 2. The van der Waals surface area contributed by atoms with Crippen LogP contribution >= 0.6 is 38.6 Å². The highest BCUT2D eigenvalue weighted by molar-refractivity contribution is 9.10. The van der Waals surface area contributed by atoms with E-state index in [2.05, 4.69) is 15.9 Å². The molecular formula is C36H39BrO9S2. The van der Waals surface area contributed by atoms with Gasteiger partial charge in [-0.2, -0.15) is 0 Å². The number of halogens is 1. The first-order chi connectivity index (χ1) is 22.4. The second kappa shape index (κ2) is 13.4. The normalized spacial score (nSPS) is 20.0. The summed E-state index contributed by atoms with van der Waals surface area (Å²) >= 11 is 6.24. The highest BCUT2D eigenvalue weighted by Gasteiger charge is 2.51. The van der Waals surface area contributed by atoms with E-state index in [0.29, 0.717) is 28.3 Å². The molecule has 6 rings (SSSR count). The smallest absolute Gasteiger partial charge is 0.310 e. The number of phenols is 1. The van der Waals surface area contributed by atoms with Crippen LogP contribution in [0.2, 0.25) is 0 Å². The fraction of sp³-hybridized carbons (Fsp3) is 0.444. The van der Waals surface area contributed by atoms with E-state index in [1.165, 1.54) is 29.8 Å². The number of thiophene rings is 2. The van der Waals surface area contributed by atoms with Crippen LogP contribution in [-0.4, -0.2) is 54.0 Å². The molecule has 2 aliphatic rings. The van der Waals surface area contributed by atoms with Crippen LogP contribution < -0.4 is 9.47 Å². The van der Waals surface area contributed by atoms with Gasteiger partial charge in [0.05, 0.1) is 40.3 Å². The number of hydrogen-bond acceptors (Lipinski definition) is 11. The summed E-state index contributed by atoms with van der Waals surface area (Å²) in [4.78, 5) is 50.7. The molecule has 2 aliphatic carbocycles. The maximum Gasteiger partial charge on any atom is 0.310 e. The van der Waals surface area contributed by atoms with Crippen molar-refractivity contribution in [2.45, 2.75) is 65.6 Å². The summed E-state index contributed by atoms with van der Waals surface area (Å²) in [7, 11) is 3.09. The molecule has 0 amide bonds. The van der Waals surface area contributed by atoms with E-state index >= 15 is 0 Å². The lowest BCUT2D eigenvalue weighted by atomic mass is 10.1. The lowest BCUT2D eigenvalue weighted by Gasteiger charge is -2.19. The van der Waals surface area contributed by atoms with Crippen molar-refractivity contribution in [1.82, 2.24) is 0 Å². The number of rotatable bonds is 8. The first-order valence-electron chi connectivity index (χ1n) is 15.5. The summed E-state index contributed by atoms with van der Waals surface area (Å²) in [5, 5.41) is 11.6. The van der Waals surface area contributed by atoms with Gasteiger partial charge in [0.1, 0.15) is 17.0 Å². The minimum Gasteiger partial charge on any atom is -0.504 e. The van der Waals surface area contributed by atoms with Gasteiger partial charge < -0.3 is 24.1 Å². The average molecular weight is 760 g/mol. The van der Waals surface area contributed by atoms with Gasteiger partial charge in [0.15, 0.2) is 23.1 Å². The van der Waals surface area contributed by atoms with Crippen molar-refractivity contribution in [3.8, 4) is 17.2 Å². The predicted molar refractivity (Wildman–Crippen MR) is 190 cm³/mol. The van der Waals surface area contributed by atoms with Crippen molar-refractivity contribution in [1.29, 1.82) is 0 Å². The number of methoxy groups -OCH3 is 2. The summed E-state index contributed by atoms with van der Waals surface area (Å²) < 4.78 is 23.8. The Kier molecular flexibility index (Phi) is 10.0. The third-order valence-electron chi connectivity index (χ3n) is 7.77. The molecule has 2 aromatic heterocycles. The van der Waals surface area contributed by atoms with E-state index in [9.17, 15) is 24.3 Å². The Morgan fingerprint density at radius 3 is 1.50 bits per heavy atom. The minimum atomic E-state index is -0.543. The molecule has 9 nitrogen and oxygen atoms in total. The van der Waals surface area contributed by atoms with Crippen LogP contribution in [0.5, 0.6) is 17.2 Å². The number of carbonyl (C=O) groups excluding carboxylic acids is 4. The van der Waals surface area contributed by atoms with E-state index in [1.807, 2.05) is 59.7 Å². The number of hydrogen-bond donors (Lipinski definition) is 1. The lowest BCUT2D eigenvalue weighted by molar-refractivity contribution is -0.157. The average Bonchev–Trinajstić information content (AvgIpc) is 3.88. The van der Waals surface area contributed by atoms with Crippen molar-refractivity contribution < 1.29 is 43.2 Å². The van der Waals surface area contributed by atoms with Gasteiger partial charge in [-0.3, -0.25) is 19.2 Å². The molecule has 4 atom stereocenters. The lowest BCUT2D eigenvalue weighted by Crippen LogP contribution is -2.25. The summed E-state index contributed by atoms with van der Waals surface area (Å²) in [6.45, 7) is 11.0. The largest absolute Gasteiger partial charge is 0.504 e. The number of aromatic hydroxyl groups is 1. The van der Waals surface area contributed by atoms with Crippen LogP contribution in [0.4, 0.5) is 0 Å². The Hall–Kier alpha value is -3.48. The van der Waals surface area contributed by atoms with E-state index < -0.39 is 11.2 Å².